The van der Waals surface area contributed by atoms with Crippen molar-refractivity contribution in [3.63, 3.8) is 0 Å². The van der Waals surface area contributed by atoms with Crippen molar-refractivity contribution in [3.05, 3.63) is 143 Å². The second-order valence-corrected chi connectivity index (χ2v) is 16.9. The number of nitrogens with zero attached hydrogens (tertiary/aromatic N) is 1. The third-order valence-electron chi connectivity index (χ3n) is 14.2. The summed E-state index contributed by atoms with van der Waals surface area (Å²) in [5.41, 5.74) is 12.4. The quantitative estimate of drug-likeness (QED) is 0.161. The van der Waals surface area contributed by atoms with Crippen LogP contribution in [-0.4, -0.2) is 47.6 Å². The van der Waals surface area contributed by atoms with Gasteiger partial charge in [0.05, 0.1) is 40.2 Å². The van der Waals surface area contributed by atoms with Gasteiger partial charge in [0, 0.05) is 46.1 Å². The van der Waals surface area contributed by atoms with Crippen molar-refractivity contribution >= 4 is 22.5 Å². The Morgan fingerprint density at radius 3 is 2.22 bits per heavy atom. The molecule has 11 rings (SSSR count). The number of fused-ring (bicyclic) bond motifs is 13. The van der Waals surface area contributed by atoms with Crippen LogP contribution in [0.3, 0.4) is 0 Å². The van der Waals surface area contributed by atoms with Crippen LogP contribution in [0, 0.1) is 18.8 Å². The molecule has 6 aromatic rings. The summed E-state index contributed by atoms with van der Waals surface area (Å²) in [5.74, 6) is 4.69. The summed E-state index contributed by atoms with van der Waals surface area (Å²) in [4.78, 5) is 2.36. The number of ether oxygens (including phenoxy) is 5. The molecular formula is C52H49NO5. The standard InChI is InChI=1S/C52H49NO5/c1-32-9-12-34(13-10-32)41-29-42-43(30-47(41)56-4)50-40(49-48(42)39-7-5-6-8-44(39)51(49)31-33-11-14-36(51)27-33)21-22-52(58-50,35-15-18-38(54-2)19-16-35)37-17-20-46(55-3)45(28-37)53-23-25-57-26-24-53/h5-10,12-13,15-22,28-30,33,36H,11,14,23-27,31H2,1-4H3. The van der Waals surface area contributed by atoms with E-state index in [0.29, 0.717) is 19.1 Å². The molecule has 4 unspecified atom stereocenters. The lowest BCUT2D eigenvalue weighted by atomic mass is 9.65. The van der Waals surface area contributed by atoms with Crippen LogP contribution in [0.4, 0.5) is 5.69 Å². The fraction of sp³-hybridized carbons (Fsp3) is 0.308. The van der Waals surface area contributed by atoms with Crippen molar-refractivity contribution in [1.82, 2.24) is 0 Å². The minimum absolute atomic E-state index is 0.0610. The van der Waals surface area contributed by atoms with Gasteiger partial charge >= 0.3 is 0 Å². The number of methoxy groups -OCH3 is 3. The van der Waals surface area contributed by atoms with E-state index in [1.165, 1.54) is 64.5 Å². The van der Waals surface area contributed by atoms with Crippen molar-refractivity contribution in [2.45, 2.75) is 43.6 Å². The van der Waals surface area contributed by atoms with E-state index >= 15 is 0 Å². The predicted octanol–water partition coefficient (Wildman–Crippen LogP) is 11.1. The molecule has 0 amide bonds. The summed E-state index contributed by atoms with van der Waals surface area (Å²) in [6.45, 7) is 5.07. The lowest BCUT2D eigenvalue weighted by Gasteiger charge is -2.41. The zero-order valence-corrected chi connectivity index (χ0v) is 33.8. The molecule has 2 heterocycles. The van der Waals surface area contributed by atoms with E-state index in [1.54, 1.807) is 21.3 Å². The molecule has 6 nitrogen and oxygen atoms in total. The highest BCUT2D eigenvalue weighted by atomic mass is 16.5. The van der Waals surface area contributed by atoms with E-state index in [1.807, 2.05) is 12.1 Å². The van der Waals surface area contributed by atoms with E-state index in [9.17, 15) is 0 Å². The third kappa shape index (κ3) is 5.06. The molecule has 6 aromatic carbocycles. The van der Waals surface area contributed by atoms with Crippen LogP contribution in [0.5, 0.6) is 23.0 Å². The summed E-state index contributed by atoms with van der Waals surface area (Å²) in [6.07, 6.45) is 9.77. The Hall–Kier alpha value is -5.72. The maximum atomic E-state index is 7.89. The first-order valence-electron chi connectivity index (χ1n) is 20.9. The Bertz CT molecular complexity index is 2620. The van der Waals surface area contributed by atoms with E-state index in [0.717, 1.165) is 75.3 Å². The smallest absolute Gasteiger partial charge is 0.178 e. The average molecular weight is 768 g/mol. The number of aryl methyl sites for hydroxylation is 1. The zero-order chi connectivity index (χ0) is 39.2. The first kappa shape index (κ1) is 35.4. The van der Waals surface area contributed by atoms with Gasteiger partial charge in [-0.15, -0.1) is 0 Å². The average Bonchev–Trinajstić information content (AvgIpc) is 3.99. The first-order chi connectivity index (χ1) is 28.5. The van der Waals surface area contributed by atoms with E-state index in [4.69, 9.17) is 23.7 Å². The lowest BCUT2D eigenvalue weighted by Crippen LogP contribution is -2.38. The predicted molar refractivity (Wildman–Crippen MR) is 232 cm³/mol. The van der Waals surface area contributed by atoms with Gasteiger partial charge in [0.15, 0.2) is 5.60 Å². The number of hydrogen-bond donors (Lipinski definition) is 0. The van der Waals surface area contributed by atoms with Crippen molar-refractivity contribution in [2.75, 3.05) is 52.5 Å². The minimum atomic E-state index is -0.968. The zero-order valence-electron chi connectivity index (χ0n) is 33.8. The first-order valence-corrected chi connectivity index (χ1v) is 20.9. The molecule has 2 aliphatic heterocycles. The summed E-state index contributed by atoms with van der Waals surface area (Å²) in [5, 5.41) is 2.26. The van der Waals surface area contributed by atoms with Crippen LogP contribution in [0.15, 0.2) is 109 Å². The summed E-state index contributed by atoms with van der Waals surface area (Å²) in [7, 11) is 5.25. The van der Waals surface area contributed by atoms with Crippen LogP contribution >= 0.6 is 0 Å². The molecule has 1 saturated heterocycles. The van der Waals surface area contributed by atoms with Gasteiger partial charge < -0.3 is 28.6 Å². The van der Waals surface area contributed by atoms with Crippen LogP contribution in [0.25, 0.3) is 39.1 Å². The second kappa shape index (κ2) is 13.4. The fourth-order valence-electron chi connectivity index (χ4n) is 11.5. The molecule has 6 heteroatoms. The van der Waals surface area contributed by atoms with Gasteiger partial charge in [-0.1, -0.05) is 84.8 Å². The summed E-state index contributed by atoms with van der Waals surface area (Å²) in [6, 6.07) is 37.6. The van der Waals surface area contributed by atoms with E-state index in [-0.39, 0.29) is 5.41 Å². The highest BCUT2D eigenvalue weighted by Crippen LogP contribution is 2.69. The molecule has 0 radical (unpaired) electrons. The normalized spacial score (nSPS) is 23.8. The molecular weight excluding hydrogens is 719 g/mol. The van der Waals surface area contributed by atoms with Gasteiger partial charge in [-0.2, -0.15) is 0 Å². The van der Waals surface area contributed by atoms with Gasteiger partial charge in [0.1, 0.15) is 23.0 Å². The molecule has 5 aliphatic rings. The SMILES string of the molecule is COc1ccc(C2(c3ccc(OC)c(N4CCOCC4)c3)C=Cc3c4c(c5cc(-c6ccc(C)cc6)c(OC)cc5c3O2)-c2ccccc2C42CC3CCC2C3)cc1. The molecule has 58 heavy (non-hydrogen) atoms. The largest absolute Gasteiger partial charge is 0.497 e. The molecule has 2 bridgehead atoms. The molecule has 0 N–H and O–H groups in total. The van der Waals surface area contributed by atoms with E-state index in [2.05, 4.69) is 115 Å². The minimum Gasteiger partial charge on any atom is -0.497 e. The Balaban J connectivity index is 1.22. The van der Waals surface area contributed by atoms with Gasteiger partial charge in [0.2, 0.25) is 0 Å². The van der Waals surface area contributed by atoms with Crippen molar-refractivity contribution in [3.8, 4) is 45.3 Å². The van der Waals surface area contributed by atoms with Crippen LogP contribution in [0.1, 0.15) is 59.1 Å². The topological polar surface area (TPSA) is 49.4 Å². The van der Waals surface area contributed by atoms with E-state index < -0.39 is 5.60 Å². The fourth-order valence-corrected chi connectivity index (χ4v) is 11.5. The molecule has 1 spiro atoms. The van der Waals surface area contributed by atoms with Crippen molar-refractivity contribution in [2.24, 2.45) is 11.8 Å². The molecule has 0 aromatic heterocycles. The number of hydrogen-bond acceptors (Lipinski definition) is 6. The Morgan fingerprint density at radius 1 is 0.724 bits per heavy atom. The maximum Gasteiger partial charge on any atom is 0.178 e. The van der Waals surface area contributed by atoms with Crippen LogP contribution in [0.2, 0.25) is 0 Å². The maximum absolute atomic E-state index is 7.89. The van der Waals surface area contributed by atoms with Crippen molar-refractivity contribution in [1.29, 1.82) is 0 Å². The Kier molecular flexibility index (Phi) is 8.20. The number of rotatable bonds is 7. The van der Waals surface area contributed by atoms with Gasteiger partial charge in [-0.3, -0.25) is 0 Å². The molecule has 292 valence electrons. The highest BCUT2D eigenvalue weighted by molar-refractivity contribution is 6.11. The monoisotopic (exact) mass is 767 g/mol. The van der Waals surface area contributed by atoms with Crippen LogP contribution < -0.4 is 23.8 Å². The summed E-state index contributed by atoms with van der Waals surface area (Å²) < 4.78 is 31.6. The molecule has 4 atom stereocenters. The van der Waals surface area contributed by atoms with Gasteiger partial charge in [-0.25, -0.2) is 0 Å². The van der Waals surface area contributed by atoms with Crippen molar-refractivity contribution < 1.29 is 23.7 Å². The third-order valence-corrected chi connectivity index (χ3v) is 14.2. The van der Waals surface area contributed by atoms with Crippen LogP contribution in [-0.2, 0) is 15.8 Å². The van der Waals surface area contributed by atoms with Gasteiger partial charge in [0.25, 0.3) is 0 Å². The molecule has 3 fully saturated rings. The molecule has 3 aliphatic carbocycles. The Morgan fingerprint density at radius 2 is 1.50 bits per heavy atom. The lowest BCUT2D eigenvalue weighted by molar-refractivity contribution is 0.122. The number of morpholine rings is 1. The summed E-state index contributed by atoms with van der Waals surface area (Å²) >= 11 is 0. The van der Waals surface area contributed by atoms with Gasteiger partial charge in [-0.05, 0) is 114 Å². The highest BCUT2D eigenvalue weighted by Gasteiger charge is 2.58. The number of benzene rings is 6. The second-order valence-electron chi connectivity index (χ2n) is 16.9. The number of anilines is 1. The Labute approximate surface area is 341 Å². The molecule has 2 saturated carbocycles.